The topological polar surface area (TPSA) is 63.4 Å². The van der Waals surface area contributed by atoms with Crippen molar-refractivity contribution in [2.75, 3.05) is 10.8 Å². The third-order valence-electron chi connectivity index (χ3n) is 5.76. The molecule has 0 unspecified atom stereocenters. The molecule has 0 N–H and O–H groups in total. The van der Waals surface area contributed by atoms with Crippen molar-refractivity contribution in [1.29, 1.82) is 0 Å². The first-order chi connectivity index (χ1) is 13.6. The third-order valence-corrected chi connectivity index (χ3v) is 7.64. The van der Waals surface area contributed by atoms with Crippen molar-refractivity contribution in [1.82, 2.24) is 0 Å². The highest BCUT2D eigenvalue weighted by Gasteiger charge is 2.31. The largest absolute Gasteiger partial charge is 0.624 e. The van der Waals surface area contributed by atoms with Crippen LogP contribution in [0.3, 0.4) is 0 Å². The number of hydroxylamine groups is 1. The lowest BCUT2D eigenvalue weighted by atomic mass is 9.96. The molecule has 1 saturated carbocycles. The molecular formula is C22H26N2O3S. The molecule has 0 amide bonds. The Bertz CT molecular complexity index is 979. The molecule has 5 nitrogen and oxygen atoms in total. The molecule has 0 aromatic heterocycles. The predicted molar refractivity (Wildman–Crippen MR) is 111 cm³/mol. The lowest BCUT2D eigenvalue weighted by Crippen LogP contribution is -2.36. The molecule has 1 aliphatic carbocycles. The number of aryl methyl sites for hydroxylation is 1. The van der Waals surface area contributed by atoms with Gasteiger partial charge in [0.2, 0.25) is 0 Å². The fourth-order valence-corrected chi connectivity index (χ4v) is 5.98. The quantitative estimate of drug-likeness (QED) is 0.337. The summed E-state index contributed by atoms with van der Waals surface area (Å²) in [4.78, 5) is 0.198. The van der Waals surface area contributed by atoms with Gasteiger partial charge in [-0.1, -0.05) is 36.8 Å². The number of anilines is 1. The van der Waals surface area contributed by atoms with E-state index in [1.807, 2.05) is 24.3 Å². The number of hydrogen-bond donors (Lipinski definition) is 0. The van der Waals surface area contributed by atoms with Gasteiger partial charge < -0.3 is 5.21 Å². The molecule has 2 aliphatic rings. The summed E-state index contributed by atoms with van der Waals surface area (Å²) in [6.07, 6.45) is 8.17. The molecule has 0 saturated heterocycles. The van der Waals surface area contributed by atoms with Crippen LogP contribution in [0.5, 0.6) is 0 Å². The van der Waals surface area contributed by atoms with Gasteiger partial charge in [0.25, 0.3) is 10.0 Å². The first-order valence-corrected chi connectivity index (χ1v) is 11.5. The maximum Gasteiger partial charge on any atom is 0.265 e. The van der Waals surface area contributed by atoms with Crippen LogP contribution < -0.4 is 4.31 Å². The van der Waals surface area contributed by atoms with Gasteiger partial charge in [-0.15, -0.1) is 0 Å². The average Bonchev–Trinajstić information content (AvgIpc) is 2.74. The number of fused-ring (bicyclic) bond motifs is 1. The minimum absolute atomic E-state index is 0.0553. The Hall–Kier alpha value is -2.34. The van der Waals surface area contributed by atoms with Crippen LogP contribution in [0, 0.1) is 5.21 Å². The summed E-state index contributed by atoms with van der Waals surface area (Å²) in [6.45, 7) is 0.456. The van der Waals surface area contributed by atoms with E-state index < -0.39 is 10.0 Å². The SMILES string of the molecule is O=S(=O)(c1ccccc1/C=[N+](\[O-])C1CCCCC1)N1CCCc2ccccc21. The average molecular weight is 399 g/mol. The molecule has 1 heterocycles. The smallest absolute Gasteiger partial charge is 0.265 e. The van der Waals surface area contributed by atoms with Gasteiger partial charge in [0.1, 0.15) is 4.90 Å². The second-order valence-electron chi connectivity index (χ2n) is 7.63. The van der Waals surface area contributed by atoms with Crippen molar-refractivity contribution >= 4 is 21.9 Å². The van der Waals surface area contributed by atoms with Gasteiger partial charge >= 0.3 is 0 Å². The number of benzene rings is 2. The first kappa shape index (κ1) is 19.0. The van der Waals surface area contributed by atoms with E-state index in [1.54, 1.807) is 24.3 Å². The maximum absolute atomic E-state index is 13.5. The van der Waals surface area contributed by atoms with Crippen LogP contribution in [0.1, 0.15) is 49.7 Å². The zero-order valence-electron chi connectivity index (χ0n) is 16.0. The minimum Gasteiger partial charge on any atom is -0.624 e. The van der Waals surface area contributed by atoms with Gasteiger partial charge in [-0.25, -0.2) is 13.2 Å². The molecule has 28 heavy (non-hydrogen) atoms. The molecule has 0 atom stereocenters. The van der Waals surface area contributed by atoms with Gasteiger partial charge in [-0.3, -0.25) is 4.31 Å². The van der Waals surface area contributed by atoms with Crippen molar-refractivity contribution in [3.63, 3.8) is 0 Å². The van der Waals surface area contributed by atoms with Crippen LogP contribution in [-0.4, -0.2) is 32.0 Å². The highest BCUT2D eigenvalue weighted by atomic mass is 32.2. The molecular weight excluding hydrogens is 372 g/mol. The van der Waals surface area contributed by atoms with Crippen molar-refractivity contribution < 1.29 is 13.2 Å². The fourth-order valence-electron chi connectivity index (χ4n) is 4.27. The second kappa shape index (κ2) is 7.95. The van der Waals surface area contributed by atoms with E-state index in [4.69, 9.17) is 0 Å². The van der Waals surface area contributed by atoms with E-state index in [2.05, 4.69) is 0 Å². The molecule has 0 spiro atoms. The summed E-state index contributed by atoms with van der Waals surface area (Å²) < 4.78 is 29.5. The van der Waals surface area contributed by atoms with Crippen LogP contribution in [0.25, 0.3) is 0 Å². The zero-order chi connectivity index (χ0) is 19.6. The molecule has 1 fully saturated rings. The van der Waals surface area contributed by atoms with E-state index in [0.29, 0.717) is 12.1 Å². The molecule has 0 radical (unpaired) electrons. The van der Waals surface area contributed by atoms with Crippen LogP contribution >= 0.6 is 0 Å². The standard InChI is InChI=1S/C22H26N2O3S/c25-23(20-12-2-1-3-13-20)17-19-10-5-7-15-22(19)28(26,27)24-16-8-11-18-9-4-6-14-21(18)24/h4-7,9-10,14-15,17,20H,1-3,8,11-13,16H2/b23-17-. The third kappa shape index (κ3) is 3.65. The highest BCUT2D eigenvalue weighted by Crippen LogP contribution is 2.32. The number of para-hydroxylation sites is 1. The second-order valence-corrected chi connectivity index (χ2v) is 9.46. The molecule has 148 valence electrons. The molecule has 1 aliphatic heterocycles. The van der Waals surface area contributed by atoms with E-state index in [1.165, 1.54) is 16.9 Å². The van der Waals surface area contributed by atoms with E-state index in [0.717, 1.165) is 54.5 Å². The van der Waals surface area contributed by atoms with Gasteiger partial charge in [-0.05, 0) is 49.4 Å². The summed E-state index contributed by atoms with van der Waals surface area (Å²) >= 11 is 0. The van der Waals surface area contributed by atoms with E-state index >= 15 is 0 Å². The lowest BCUT2D eigenvalue weighted by molar-refractivity contribution is -0.500. The Balaban J connectivity index is 1.72. The van der Waals surface area contributed by atoms with Crippen LogP contribution in [-0.2, 0) is 16.4 Å². The van der Waals surface area contributed by atoms with E-state index in [-0.39, 0.29) is 10.9 Å². The number of nitrogens with zero attached hydrogens (tertiary/aromatic N) is 2. The van der Waals surface area contributed by atoms with Crippen molar-refractivity contribution in [2.24, 2.45) is 0 Å². The molecule has 2 aromatic carbocycles. The first-order valence-electron chi connectivity index (χ1n) is 10.1. The predicted octanol–water partition coefficient (Wildman–Crippen LogP) is 4.09. The minimum atomic E-state index is -3.75. The van der Waals surface area contributed by atoms with E-state index in [9.17, 15) is 13.6 Å². The number of hydrogen-bond acceptors (Lipinski definition) is 3. The highest BCUT2D eigenvalue weighted by molar-refractivity contribution is 7.93. The lowest BCUT2D eigenvalue weighted by Gasteiger charge is -2.30. The summed E-state index contributed by atoms with van der Waals surface area (Å²) in [7, 11) is -3.75. The Morgan fingerprint density at radius 3 is 2.50 bits per heavy atom. The summed E-state index contributed by atoms with van der Waals surface area (Å²) in [6, 6.07) is 14.4. The van der Waals surface area contributed by atoms with Crippen LogP contribution in [0.15, 0.2) is 53.4 Å². The van der Waals surface area contributed by atoms with Crippen molar-refractivity contribution in [3.8, 4) is 0 Å². The Morgan fingerprint density at radius 1 is 0.964 bits per heavy atom. The van der Waals surface area contributed by atoms with Gasteiger partial charge in [0.05, 0.1) is 11.3 Å². The molecule has 0 bridgehead atoms. The Kier molecular flexibility index (Phi) is 5.40. The molecule has 2 aromatic rings. The van der Waals surface area contributed by atoms with Crippen molar-refractivity contribution in [2.45, 2.75) is 55.9 Å². The fraction of sp³-hybridized carbons (Fsp3) is 0.409. The molecule has 4 rings (SSSR count). The zero-order valence-corrected chi connectivity index (χ0v) is 16.8. The Morgan fingerprint density at radius 2 is 1.68 bits per heavy atom. The van der Waals surface area contributed by atoms with Crippen LogP contribution in [0.4, 0.5) is 5.69 Å². The van der Waals surface area contributed by atoms with Gasteiger partial charge in [-0.2, -0.15) is 0 Å². The maximum atomic E-state index is 13.5. The number of rotatable bonds is 4. The summed E-state index contributed by atoms with van der Waals surface area (Å²) in [5.74, 6) is 0. The van der Waals surface area contributed by atoms with Crippen LogP contribution in [0.2, 0.25) is 0 Å². The monoisotopic (exact) mass is 398 g/mol. The summed E-state index contributed by atoms with van der Waals surface area (Å²) in [5, 5.41) is 12.7. The summed E-state index contributed by atoms with van der Waals surface area (Å²) in [5.41, 5.74) is 2.26. The number of sulfonamides is 1. The van der Waals surface area contributed by atoms with Gasteiger partial charge in [0.15, 0.2) is 12.3 Å². The van der Waals surface area contributed by atoms with Gasteiger partial charge in [0, 0.05) is 19.4 Å². The normalized spacial score (nSPS) is 18.7. The Labute approximate surface area is 167 Å². The van der Waals surface area contributed by atoms with Crippen molar-refractivity contribution in [3.05, 3.63) is 64.9 Å². The molecule has 6 heteroatoms.